The Morgan fingerprint density at radius 3 is 2.52 bits per heavy atom. The fourth-order valence-electron chi connectivity index (χ4n) is 2.22. The summed E-state index contributed by atoms with van der Waals surface area (Å²) >= 11 is 5.87. The van der Waals surface area contributed by atoms with Gasteiger partial charge < -0.3 is 20.5 Å². The first-order chi connectivity index (χ1) is 12.0. The molecule has 0 heterocycles. The number of hydrogen-bond donors (Lipinski definition) is 3. The third-order valence-electron chi connectivity index (χ3n) is 3.37. The van der Waals surface area contributed by atoms with Crippen molar-refractivity contribution < 1.29 is 19.4 Å². The van der Waals surface area contributed by atoms with Crippen LogP contribution in [-0.4, -0.2) is 29.8 Å². The molecule has 0 fully saturated rings. The standard InChI is InChI=1S/C18H19ClN2O4/c1-2-25-17(23)15(16(22)12-7-4-3-5-8-12)21-18(24)20-14-10-6-9-13(19)11-14/h3-11,15-16,22H,2H2,1H3,(H2,20,21,24). The van der Waals surface area contributed by atoms with E-state index in [2.05, 4.69) is 10.6 Å². The maximum Gasteiger partial charge on any atom is 0.331 e. The van der Waals surface area contributed by atoms with Crippen LogP contribution in [-0.2, 0) is 9.53 Å². The fourth-order valence-corrected chi connectivity index (χ4v) is 2.41. The van der Waals surface area contributed by atoms with Gasteiger partial charge in [0.15, 0.2) is 6.04 Å². The molecule has 0 aliphatic heterocycles. The number of anilines is 1. The highest BCUT2D eigenvalue weighted by Gasteiger charge is 2.31. The third kappa shape index (κ3) is 5.48. The molecule has 6 nitrogen and oxygen atoms in total. The zero-order chi connectivity index (χ0) is 18.2. The first-order valence-corrected chi connectivity index (χ1v) is 8.11. The Kier molecular flexibility index (Phi) is 6.80. The number of rotatable bonds is 6. The van der Waals surface area contributed by atoms with E-state index >= 15 is 0 Å². The Morgan fingerprint density at radius 2 is 1.88 bits per heavy atom. The second kappa shape index (κ2) is 9.05. The van der Waals surface area contributed by atoms with Crippen molar-refractivity contribution in [3.63, 3.8) is 0 Å². The molecule has 0 aromatic heterocycles. The minimum atomic E-state index is -1.25. The Labute approximate surface area is 150 Å². The van der Waals surface area contributed by atoms with E-state index in [1.807, 2.05) is 0 Å². The summed E-state index contributed by atoms with van der Waals surface area (Å²) in [6.07, 6.45) is -1.25. The van der Waals surface area contributed by atoms with E-state index in [4.69, 9.17) is 16.3 Å². The van der Waals surface area contributed by atoms with Gasteiger partial charge in [-0.15, -0.1) is 0 Å². The molecule has 3 N–H and O–H groups in total. The molecular formula is C18H19ClN2O4. The minimum Gasteiger partial charge on any atom is -0.464 e. The summed E-state index contributed by atoms with van der Waals surface area (Å²) in [6, 6.07) is 13.2. The zero-order valence-electron chi connectivity index (χ0n) is 13.6. The first-order valence-electron chi connectivity index (χ1n) is 7.74. The van der Waals surface area contributed by atoms with Gasteiger partial charge >= 0.3 is 12.0 Å². The van der Waals surface area contributed by atoms with Crippen LogP contribution in [0.15, 0.2) is 54.6 Å². The van der Waals surface area contributed by atoms with E-state index in [1.165, 1.54) is 0 Å². The quantitative estimate of drug-likeness (QED) is 0.689. The van der Waals surface area contributed by atoms with E-state index in [9.17, 15) is 14.7 Å². The van der Waals surface area contributed by atoms with Crippen LogP contribution in [0, 0.1) is 0 Å². The normalized spacial score (nSPS) is 12.8. The molecule has 0 aliphatic carbocycles. The van der Waals surface area contributed by atoms with Gasteiger partial charge in [0.05, 0.1) is 6.61 Å². The molecular weight excluding hydrogens is 344 g/mol. The lowest BCUT2D eigenvalue weighted by atomic mass is 10.0. The summed E-state index contributed by atoms with van der Waals surface area (Å²) in [7, 11) is 0. The van der Waals surface area contributed by atoms with Crippen molar-refractivity contribution in [3.8, 4) is 0 Å². The number of aliphatic hydroxyl groups is 1. The van der Waals surface area contributed by atoms with Crippen molar-refractivity contribution in [2.24, 2.45) is 0 Å². The van der Waals surface area contributed by atoms with Crippen molar-refractivity contribution in [2.45, 2.75) is 19.1 Å². The number of urea groups is 1. The molecule has 2 unspecified atom stereocenters. The van der Waals surface area contributed by atoms with E-state index in [1.54, 1.807) is 61.5 Å². The largest absolute Gasteiger partial charge is 0.464 e. The van der Waals surface area contributed by atoms with Gasteiger partial charge in [0.2, 0.25) is 0 Å². The molecule has 0 saturated heterocycles. The molecule has 7 heteroatoms. The summed E-state index contributed by atoms with van der Waals surface area (Å²) in [5.74, 6) is -0.722. The van der Waals surface area contributed by atoms with Gasteiger partial charge in [0.25, 0.3) is 0 Å². The van der Waals surface area contributed by atoms with Crippen molar-refractivity contribution in [3.05, 3.63) is 65.2 Å². The van der Waals surface area contributed by atoms with Crippen LogP contribution < -0.4 is 10.6 Å². The van der Waals surface area contributed by atoms with Gasteiger partial charge in [-0.3, -0.25) is 0 Å². The molecule has 2 amide bonds. The summed E-state index contributed by atoms with van der Waals surface area (Å²) in [6.45, 7) is 1.78. The molecule has 0 bridgehead atoms. The Balaban J connectivity index is 2.12. The smallest absolute Gasteiger partial charge is 0.331 e. The molecule has 2 rings (SSSR count). The van der Waals surface area contributed by atoms with E-state index in [0.29, 0.717) is 16.3 Å². The predicted octanol–water partition coefficient (Wildman–Crippen LogP) is 3.13. The maximum atomic E-state index is 12.2. The molecule has 0 radical (unpaired) electrons. The number of amides is 2. The Bertz CT molecular complexity index is 724. The number of hydrogen-bond acceptors (Lipinski definition) is 4. The topological polar surface area (TPSA) is 87.7 Å². The summed E-state index contributed by atoms with van der Waals surface area (Å²) < 4.78 is 4.95. The van der Waals surface area contributed by atoms with Crippen molar-refractivity contribution in [1.82, 2.24) is 5.32 Å². The zero-order valence-corrected chi connectivity index (χ0v) is 14.4. The number of ether oxygens (including phenoxy) is 1. The predicted molar refractivity (Wildman–Crippen MR) is 95.4 cm³/mol. The number of benzene rings is 2. The van der Waals surface area contributed by atoms with E-state index in [-0.39, 0.29) is 6.61 Å². The van der Waals surface area contributed by atoms with Crippen molar-refractivity contribution in [2.75, 3.05) is 11.9 Å². The second-order valence-corrected chi connectivity index (χ2v) is 5.63. The van der Waals surface area contributed by atoms with Crippen LogP contribution in [0.4, 0.5) is 10.5 Å². The Hall–Kier alpha value is -2.57. The lowest BCUT2D eigenvalue weighted by Crippen LogP contribution is -2.47. The van der Waals surface area contributed by atoms with E-state index < -0.39 is 24.1 Å². The highest BCUT2D eigenvalue weighted by Crippen LogP contribution is 2.19. The lowest BCUT2D eigenvalue weighted by molar-refractivity contribution is -0.148. The average Bonchev–Trinajstić information content (AvgIpc) is 2.60. The van der Waals surface area contributed by atoms with Crippen molar-refractivity contribution >= 4 is 29.3 Å². The van der Waals surface area contributed by atoms with Crippen LogP contribution in [0.1, 0.15) is 18.6 Å². The van der Waals surface area contributed by atoms with Gasteiger partial charge in [-0.2, -0.15) is 0 Å². The minimum absolute atomic E-state index is 0.133. The molecule has 2 aromatic rings. The molecule has 2 aromatic carbocycles. The second-order valence-electron chi connectivity index (χ2n) is 5.19. The Morgan fingerprint density at radius 1 is 1.16 bits per heavy atom. The van der Waals surface area contributed by atoms with Gasteiger partial charge in [-0.05, 0) is 30.7 Å². The van der Waals surface area contributed by atoms with E-state index in [0.717, 1.165) is 0 Å². The SMILES string of the molecule is CCOC(=O)C(NC(=O)Nc1cccc(Cl)c1)C(O)c1ccccc1. The van der Waals surface area contributed by atoms with Gasteiger partial charge in [-0.25, -0.2) is 9.59 Å². The number of carbonyl (C=O) groups excluding carboxylic acids is 2. The highest BCUT2D eigenvalue weighted by molar-refractivity contribution is 6.30. The number of nitrogens with one attached hydrogen (secondary N) is 2. The molecule has 0 aliphatic rings. The molecule has 25 heavy (non-hydrogen) atoms. The third-order valence-corrected chi connectivity index (χ3v) is 3.60. The van der Waals surface area contributed by atoms with Crippen LogP contribution >= 0.6 is 11.6 Å². The molecule has 0 saturated carbocycles. The van der Waals surface area contributed by atoms with Crippen molar-refractivity contribution in [1.29, 1.82) is 0 Å². The monoisotopic (exact) mass is 362 g/mol. The van der Waals surface area contributed by atoms with Crippen LogP contribution in [0.2, 0.25) is 5.02 Å². The molecule has 0 spiro atoms. The van der Waals surface area contributed by atoms with Gasteiger partial charge in [-0.1, -0.05) is 48.0 Å². The van der Waals surface area contributed by atoms with Crippen LogP contribution in [0.3, 0.4) is 0 Å². The summed E-state index contributed by atoms with van der Waals surface area (Å²) in [4.78, 5) is 24.3. The number of aliphatic hydroxyl groups excluding tert-OH is 1. The molecule has 132 valence electrons. The first kappa shape index (κ1) is 18.8. The summed E-state index contributed by atoms with van der Waals surface area (Å²) in [5, 5.41) is 15.9. The maximum absolute atomic E-state index is 12.2. The summed E-state index contributed by atoms with van der Waals surface area (Å²) in [5.41, 5.74) is 0.949. The number of halogens is 1. The molecule has 2 atom stereocenters. The number of esters is 1. The lowest BCUT2D eigenvalue weighted by Gasteiger charge is -2.23. The fraction of sp³-hybridized carbons (Fsp3) is 0.222. The van der Waals surface area contributed by atoms with Gasteiger partial charge in [0.1, 0.15) is 6.10 Å². The van der Waals surface area contributed by atoms with Crippen LogP contribution in [0.25, 0.3) is 0 Å². The number of carbonyl (C=O) groups is 2. The highest BCUT2D eigenvalue weighted by atomic mass is 35.5. The average molecular weight is 363 g/mol. The van der Waals surface area contributed by atoms with Gasteiger partial charge in [0, 0.05) is 10.7 Å². The van der Waals surface area contributed by atoms with Crippen LogP contribution in [0.5, 0.6) is 0 Å².